The number of anilines is 2. The zero-order chi connectivity index (χ0) is 23.5. The summed E-state index contributed by atoms with van der Waals surface area (Å²) in [5, 5.41) is 12.5. The highest BCUT2D eigenvalue weighted by molar-refractivity contribution is 6.09. The van der Waals surface area contributed by atoms with Gasteiger partial charge in [0.25, 0.3) is 5.91 Å². The summed E-state index contributed by atoms with van der Waals surface area (Å²) in [6, 6.07) is 13.5. The van der Waals surface area contributed by atoms with Crippen molar-refractivity contribution < 1.29 is 9.53 Å². The van der Waals surface area contributed by atoms with Gasteiger partial charge in [-0.1, -0.05) is 19.9 Å². The first kappa shape index (κ1) is 23.4. The van der Waals surface area contributed by atoms with Crippen LogP contribution < -0.4 is 15.0 Å². The van der Waals surface area contributed by atoms with Crippen molar-refractivity contribution >= 4 is 23.4 Å². The molecule has 1 N–H and O–H groups in total. The van der Waals surface area contributed by atoms with Gasteiger partial charge in [0.05, 0.1) is 7.11 Å². The van der Waals surface area contributed by atoms with Crippen LogP contribution in [0, 0.1) is 18.3 Å². The van der Waals surface area contributed by atoms with E-state index in [0.29, 0.717) is 17.4 Å². The van der Waals surface area contributed by atoms with Crippen molar-refractivity contribution in [3.63, 3.8) is 0 Å². The fourth-order valence-corrected chi connectivity index (χ4v) is 4.66. The van der Waals surface area contributed by atoms with Gasteiger partial charge in [-0.05, 0) is 86.6 Å². The molecule has 0 aromatic heterocycles. The Morgan fingerprint density at radius 3 is 2.75 bits per heavy atom. The maximum absolute atomic E-state index is 12.8. The van der Waals surface area contributed by atoms with Gasteiger partial charge < -0.3 is 15.0 Å². The zero-order valence-electron chi connectivity index (χ0n) is 20.0. The van der Waals surface area contributed by atoms with Crippen molar-refractivity contribution in [2.45, 2.75) is 58.9 Å². The number of ether oxygens (including phenoxy) is 1. The lowest BCUT2D eigenvalue weighted by molar-refractivity contribution is -0.112. The third-order valence-electron chi connectivity index (χ3n) is 6.21. The number of rotatable bonds is 6. The van der Waals surface area contributed by atoms with Crippen LogP contribution >= 0.6 is 0 Å². The summed E-state index contributed by atoms with van der Waals surface area (Å²) in [6.45, 7) is 12.1. The Hall–Kier alpha value is -3.26. The quantitative estimate of drug-likeness (QED) is 0.446. The van der Waals surface area contributed by atoms with E-state index in [1.165, 1.54) is 11.3 Å². The van der Waals surface area contributed by atoms with E-state index in [0.717, 1.165) is 30.5 Å². The molecule has 1 atom stereocenters. The molecule has 0 saturated carbocycles. The predicted molar refractivity (Wildman–Crippen MR) is 131 cm³/mol. The molecular formula is C27H33N3O2. The van der Waals surface area contributed by atoms with E-state index >= 15 is 0 Å². The third kappa shape index (κ3) is 4.80. The summed E-state index contributed by atoms with van der Waals surface area (Å²) >= 11 is 0. The molecule has 0 radical (unpaired) electrons. The lowest BCUT2D eigenvalue weighted by Gasteiger charge is -2.48. The topological polar surface area (TPSA) is 65.4 Å². The molecule has 32 heavy (non-hydrogen) atoms. The molecule has 0 saturated heterocycles. The number of aryl methyl sites for hydroxylation is 1. The Morgan fingerprint density at radius 2 is 2.09 bits per heavy atom. The summed E-state index contributed by atoms with van der Waals surface area (Å²) in [4.78, 5) is 15.3. The minimum absolute atomic E-state index is 0.0741. The molecule has 2 aromatic rings. The fourth-order valence-electron chi connectivity index (χ4n) is 4.66. The van der Waals surface area contributed by atoms with E-state index in [9.17, 15) is 10.1 Å². The first-order chi connectivity index (χ1) is 15.2. The second-order valence-electron chi connectivity index (χ2n) is 9.19. The molecule has 0 aliphatic carbocycles. The molecule has 2 aromatic carbocycles. The standard InChI is InChI=1S/C27H33N3O2/c1-7-11-30-25-12-18(2)20(14-24(25)19(3)16-27(30,4)5)13-21(17-28)26(31)29-22-9-8-10-23(15-22)32-6/h8-10,12-15,19H,7,11,16H2,1-6H3,(H,29,31)/b21-13+. The molecule has 0 spiro atoms. The molecular weight excluding hydrogens is 398 g/mol. The van der Waals surface area contributed by atoms with Crippen LogP contribution in [-0.2, 0) is 4.79 Å². The molecule has 168 valence electrons. The zero-order valence-corrected chi connectivity index (χ0v) is 20.0. The van der Waals surface area contributed by atoms with E-state index in [2.05, 4.69) is 56.1 Å². The summed E-state index contributed by atoms with van der Waals surface area (Å²) in [7, 11) is 1.57. The van der Waals surface area contributed by atoms with Crippen molar-refractivity contribution in [1.82, 2.24) is 0 Å². The summed E-state index contributed by atoms with van der Waals surface area (Å²) < 4.78 is 5.20. The van der Waals surface area contributed by atoms with Gasteiger partial charge in [-0.25, -0.2) is 0 Å². The van der Waals surface area contributed by atoms with Gasteiger partial charge in [0.2, 0.25) is 0 Å². The third-order valence-corrected chi connectivity index (χ3v) is 6.21. The molecule has 0 bridgehead atoms. The predicted octanol–water partition coefficient (Wildman–Crippen LogP) is 6.05. The number of amides is 1. The number of nitrogens with zero attached hydrogens (tertiary/aromatic N) is 2. The van der Waals surface area contributed by atoms with Crippen molar-refractivity contribution in [3.8, 4) is 11.8 Å². The maximum atomic E-state index is 12.8. The first-order valence-corrected chi connectivity index (χ1v) is 11.2. The number of nitrogens with one attached hydrogen (secondary N) is 1. The van der Waals surface area contributed by atoms with Crippen LogP contribution in [0.3, 0.4) is 0 Å². The molecule has 1 aliphatic rings. The van der Waals surface area contributed by atoms with Gasteiger partial charge >= 0.3 is 0 Å². The molecule has 0 fully saturated rings. The number of hydrogen-bond acceptors (Lipinski definition) is 4. The average molecular weight is 432 g/mol. The van der Waals surface area contributed by atoms with Crippen molar-refractivity contribution in [1.29, 1.82) is 5.26 Å². The van der Waals surface area contributed by atoms with E-state index in [1.807, 2.05) is 6.92 Å². The van der Waals surface area contributed by atoms with E-state index < -0.39 is 5.91 Å². The highest BCUT2D eigenvalue weighted by atomic mass is 16.5. The lowest BCUT2D eigenvalue weighted by atomic mass is 9.78. The van der Waals surface area contributed by atoms with Crippen LogP contribution in [0.4, 0.5) is 11.4 Å². The SMILES string of the molecule is CCCN1c2cc(C)c(/C=C(\C#N)C(=O)Nc3cccc(OC)c3)cc2C(C)CC1(C)C. The van der Waals surface area contributed by atoms with Crippen LogP contribution in [0.5, 0.6) is 5.75 Å². The van der Waals surface area contributed by atoms with Crippen molar-refractivity contribution in [3.05, 3.63) is 58.7 Å². The molecule has 5 nitrogen and oxygen atoms in total. The molecule has 1 amide bonds. The van der Waals surface area contributed by atoms with Crippen LogP contribution in [-0.4, -0.2) is 25.1 Å². The second kappa shape index (κ2) is 9.48. The summed E-state index contributed by atoms with van der Waals surface area (Å²) in [5.74, 6) is 0.612. The van der Waals surface area contributed by atoms with Crippen LogP contribution in [0.15, 0.2) is 42.0 Å². The molecule has 1 aliphatic heterocycles. The number of fused-ring (bicyclic) bond motifs is 1. The Kier molecular flexibility index (Phi) is 6.93. The Labute approximate surface area is 191 Å². The molecule has 1 heterocycles. The van der Waals surface area contributed by atoms with Crippen LogP contribution in [0.2, 0.25) is 0 Å². The Balaban J connectivity index is 1.95. The van der Waals surface area contributed by atoms with Gasteiger partial charge in [-0.3, -0.25) is 4.79 Å². The number of carbonyl (C=O) groups is 1. The minimum atomic E-state index is -0.431. The van der Waals surface area contributed by atoms with Crippen molar-refractivity contribution in [2.75, 3.05) is 23.9 Å². The Bertz CT molecular complexity index is 1080. The Morgan fingerprint density at radius 1 is 1.34 bits per heavy atom. The van der Waals surface area contributed by atoms with E-state index in [4.69, 9.17) is 4.74 Å². The maximum Gasteiger partial charge on any atom is 0.266 e. The van der Waals surface area contributed by atoms with E-state index in [1.54, 1.807) is 37.5 Å². The molecule has 1 unspecified atom stereocenters. The molecule has 3 rings (SSSR count). The number of hydrogen-bond donors (Lipinski definition) is 1. The smallest absolute Gasteiger partial charge is 0.266 e. The summed E-state index contributed by atoms with van der Waals surface area (Å²) in [6.07, 6.45) is 3.84. The lowest BCUT2D eigenvalue weighted by Crippen LogP contribution is -2.48. The fraction of sp³-hybridized carbons (Fsp3) is 0.407. The van der Waals surface area contributed by atoms with Crippen LogP contribution in [0.1, 0.15) is 63.1 Å². The van der Waals surface area contributed by atoms with Gasteiger partial charge in [0, 0.05) is 29.5 Å². The molecule has 5 heteroatoms. The van der Waals surface area contributed by atoms with Gasteiger partial charge in [-0.15, -0.1) is 0 Å². The number of nitriles is 1. The number of methoxy groups -OCH3 is 1. The van der Waals surface area contributed by atoms with Gasteiger partial charge in [0.1, 0.15) is 17.4 Å². The number of carbonyl (C=O) groups excluding carboxylic acids is 1. The normalized spacial score (nSPS) is 17.3. The van der Waals surface area contributed by atoms with Gasteiger partial charge in [-0.2, -0.15) is 5.26 Å². The van der Waals surface area contributed by atoms with Crippen LogP contribution in [0.25, 0.3) is 6.08 Å². The van der Waals surface area contributed by atoms with Crippen molar-refractivity contribution in [2.24, 2.45) is 0 Å². The highest BCUT2D eigenvalue weighted by Gasteiger charge is 2.36. The highest BCUT2D eigenvalue weighted by Crippen LogP contribution is 2.44. The van der Waals surface area contributed by atoms with E-state index in [-0.39, 0.29) is 11.1 Å². The first-order valence-electron chi connectivity index (χ1n) is 11.2. The number of benzene rings is 2. The summed E-state index contributed by atoms with van der Waals surface area (Å²) in [5.41, 5.74) is 5.26. The largest absolute Gasteiger partial charge is 0.497 e. The minimum Gasteiger partial charge on any atom is -0.497 e. The monoisotopic (exact) mass is 431 g/mol. The average Bonchev–Trinajstić information content (AvgIpc) is 2.75. The van der Waals surface area contributed by atoms with Gasteiger partial charge in [0.15, 0.2) is 0 Å². The second-order valence-corrected chi connectivity index (χ2v) is 9.19.